The molecule has 0 fully saturated rings. The Balaban J connectivity index is 1.65. The van der Waals surface area contributed by atoms with Crippen molar-refractivity contribution in [3.63, 3.8) is 0 Å². The molecule has 0 aromatic heterocycles. The predicted octanol–water partition coefficient (Wildman–Crippen LogP) is 4.05. The van der Waals surface area contributed by atoms with Gasteiger partial charge in [-0.1, -0.05) is 17.7 Å². The Morgan fingerprint density at radius 1 is 1.09 bits per heavy atom. The Labute approximate surface area is 195 Å². The number of methoxy groups -OCH3 is 1. The third kappa shape index (κ3) is 4.24. The zero-order valence-electron chi connectivity index (χ0n) is 17.4. The molecular formula is C23H19ClN2O6S. The van der Waals surface area contributed by atoms with E-state index in [1.54, 1.807) is 18.2 Å². The lowest BCUT2D eigenvalue weighted by atomic mass is 10.1. The number of sulfonamides is 1. The van der Waals surface area contributed by atoms with E-state index in [1.807, 2.05) is 0 Å². The Morgan fingerprint density at radius 3 is 2.45 bits per heavy atom. The number of nitrogens with one attached hydrogen (secondary N) is 1. The van der Waals surface area contributed by atoms with E-state index in [4.69, 9.17) is 21.4 Å². The molecule has 0 spiro atoms. The number of benzene rings is 3. The van der Waals surface area contributed by atoms with Gasteiger partial charge in [-0.15, -0.1) is 0 Å². The number of fused-ring (bicyclic) bond motifs is 1. The normalized spacial score (nSPS) is 12.8. The van der Waals surface area contributed by atoms with Gasteiger partial charge >= 0.3 is 5.97 Å². The fraction of sp³-hybridized carbons (Fsp3) is 0.130. The molecular weight excluding hydrogens is 468 g/mol. The van der Waals surface area contributed by atoms with Crippen LogP contribution >= 0.6 is 11.6 Å². The van der Waals surface area contributed by atoms with Crippen LogP contribution in [0.2, 0.25) is 5.02 Å². The number of anilines is 2. The van der Waals surface area contributed by atoms with E-state index in [-0.39, 0.29) is 28.3 Å². The van der Waals surface area contributed by atoms with Crippen molar-refractivity contribution >= 4 is 44.9 Å². The smallest absolute Gasteiger partial charge is 0.335 e. The van der Waals surface area contributed by atoms with E-state index in [0.29, 0.717) is 28.4 Å². The zero-order chi connectivity index (χ0) is 23.8. The number of nitrogens with zero attached hydrogens (tertiary/aromatic N) is 1. The zero-order valence-corrected chi connectivity index (χ0v) is 19.0. The minimum absolute atomic E-state index is 0.0773. The first kappa shape index (κ1) is 22.6. The van der Waals surface area contributed by atoms with Crippen molar-refractivity contribution in [3.05, 3.63) is 82.4 Å². The van der Waals surface area contributed by atoms with Gasteiger partial charge < -0.3 is 15.2 Å². The second kappa shape index (κ2) is 8.76. The maximum Gasteiger partial charge on any atom is 0.335 e. The van der Waals surface area contributed by atoms with E-state index in [0.717, 1.165) is 0 Å². The van der Waals surface area contributed by atoms with E-state index >= 15 is 0 Å². The van der Waals surface area contributed by atoms with Crippen LogP contribution in [-0.4, -0.2) is 39.1 Å². The van der Waals surface area contributed by atoms with E-state index in [9.17, 15) is 18.0 Å². The number of carbonyl (C=O) groups is 2. The van der Waals surface area contributed by atoms with Crippen LogP contribution in [0.15, 0.2) is 65.6 Å². The Bertz CT molecular complexity index is 1360. The molecule has 0 atom stereocenters. The molecule has 33 heavy (non-hydrogen) atoms. The summed E-state index contributed by atoms with van der Waals surface area (Å²) in [5.74, 6) is -1.24. The van der Waals surface area contributed by atoms with Gasteiger partial charge in [0, 0.05) is 22.8 Å². The quantitative estimate of drug-likeness (QED) is 0.543. The summed E-state index contributed by atoms with van der Waals surface area (Å²) in [6, 6.07) is 14.9. The molecule has 0 unspecified atom stereocenters. The fourth-order valence-electron chi connectivity index (χ4n) is 3.74. The van der Waals surface area contributed by atoms with Crippen molar-refractivity contribution in [2.45, 2.75) is 11.3 Å². The average Bonchev–Trinajstić information content (AvgIpc) is 3.24. The maximum atomic E-state index is 13.2. The highest BCUT2D eigenvalue weighted by Gasteiger charge is 2.34. The summed E-state index contributed by atoms with van der Waals surface area (Å²) in [5, 5.41) is 12.0. The van der Waals surface area contributed by atoms with Crippen LogP contribution in [0, 0.1) is 0 Å². The molecule has 170 valence electrons. The average molecular weight is 487 g/mol. The minimum Gasteiger partial charge on any atom is -0.496 e. The molecule has 0 radical (unpaired) electrons. The molecule has 1 aliphatic rings. The summed E-state index contributed by atoms with van der Waals surface area (Å²) in [5.41, 5.74) is 1.80. The van der Waals surface area contributed by atoms with Crippen LogP contribution in [-0.2, 0) is 16.4 Å². The van der Waals surface area contributed by atoms with Gasteiger partial charge in [0.05, 0.1) is 28.8 Å². The number of amides is 1. The molecule has 2 N–H and O–H groups in total. The van der Waals surface area contributed by atoms with Crippen LogP contribution in [0.25, 0.3) is 0 Å². The number of carboxylic acid groups (broad SMARTS) is 1. The first-order valence-corrected chi connectivity index (χ1v) is 11.7. The lowest BCUT2D eigenvalue weighted by molar-refractivity contribution is 0.0696. The van der Waals surface area contributed by atoms with Gasteiger partial charge in [0.1, 0.15) is 5.75 Å². The van der Waals surface area contributed by atoms with E-state index in [2.05, 4.69) is 5.32 Å². The molecule has 0 saturated heterocycles. The number of carbonyl (C=O) groups excluding carboxylic acids is 1. The SMILES string of the molecule is COc1c(C(=O)Nc2ccc(C(=O)O)cc2)ccc2c1CCN2S(=O)(=O)c1cccc(Cl)c1. The van der Waals surface area contributed by atoms with E-state index < -0.39 is 21.9 Å². The molecule has 1 aliphatic heterocycles. The lowest BCUT2D eigenvalue weighted by Gasteiger charge is -2.20. The molecule has 3 aromatic rings. The van der Waals surface area contributed by atoms with Crippen molar-refractivity contribution in [1.82, 2.24) is 0 Å². The molecule has 1 heterocycles. The van der Waals surface area contributed by atoms with Crippen LogP contribution in [0.1, 0.15) is 26.3 Å². The minimum atomic E-state index is -3.85. The highest BCUT2D eigenvalue weighted by atomic mass is 35.5. The molecule has 10 heteroatoms. The first-order valence-electron chi connectivity index (χ1n) is 9.85. The second-order valence-corrected chi connectivity index (χ2v) is 9.56. The summed E-state index contributed by atoms with van der Waals surface area (Å²) in [7, 11) is -2.43. The van der Waals surface area contributed by atoms with Gasteiger partial charge in [0.15, 0.2) is 0 Å². The van der Waals surface area contributed by atoms with Gasteiger partial charge in [0.25, 0.3) is 15.9 Å². The number of carboxylic acids is 1. The number of ether oxygens (including phenoxy) is 1. The molecule has 0 bridgehead atoms. The number of aromatic carboxylic acids is 1. The molecule has 0 aliphatic carbocycles. The largest absolute Gasteiger partial charge is 0.496 e. The van der Waals surface area contributed by atoms with Gasteiger partial charge in [-0.3, -0.25) is 9.10 Å². The number of halogens is 1. The molecule has 3 aromatic carbocycles. The Hall–Kier alpha value is -3.56. The van der Waals surface area contributed by atoms with Crippen LogP contribution in [0.4, 0.5) is 11.4 Å². The van der Waals surface area contributed by atoms with E-state index in [1.165, 1.54) is 53.9 Å². The molecule has 8 nitrogen and oxygen atoms in total. The topological polar surface area (TPSA) is 113 Å². The van der Waals surface area contributed by atoms with Crippen LogP contribution in [0.3, 0.4) is 0 Å². The third-order valence-corrected chi connectivity index (χ3v) is 7.34. The number of hydrogen-bond donors (Lipinski definition) is 2. The fourth-order valence-corrected chi connectivity index (χ4v) is 5.53. The summed E-state index contributed by atoms with van der Waals surface area (Å²) < 4.78 is 33.2. The summed E-state index contributed by atoms with van der Waals surface area (Å²) in [6.45, 7) is 0.197. The van der Waals surface area contributed by atoms with Crippen molar-refractivity contribution in [2.24, 2.45) is 0 Å². The van der Waals surface area contributed by atoms with Gasteiger partial charge in [-0.05, 0) is 61.0 Å². The van der Waals surface area contributed by atoms with Crippen molar-refractivity contribution in [3.8, 4) is 5.75 Å². The molecule has 4 rings (SSSR count). The highest BCUT2D eigenvalue weighted by molar-refractivity contribution is 7.92. The Kier molecular flexibility index (Phi) is 6.01. The standard InChI is InChI=1S/C23H19ClN2O6S/c1-32-21-18-11-12-26(33(30,31)17-4-2-3-15(24)13-17)20(18)10-9-19(21)22(27)25-16-7-5-14(6-8-16)23(28)29/h2-10,13H,11-12H2,1H3,(H,25,27)(H,28,29). The van der Waals surface area contributed by atoms with Crippen LogP contribution in [0.5, 0.6) is 5.75 Å². The third-order valence-electron chi connectivity index (χ3n) is 5.29. The summed E-state index contributed by atoms with van der Waals surface area (Å²) >= 11 is 5.98. The van der Waals surface area contributed by atoms with Gasteiger partial charge in [0.2, 0.25) is 0 Å². The monoisotopic (exact) mass is 486 g/mol. The van der Waals surface area contributed by atoms with Crippen molar-refractivity contribution < 1.29 is 27.9 Å². The summed E-state index contributed by atoms with van der Waals surface area (Å²) in [6.07, 6.45) is 0.368. The summed E-state index contributed by atoms with van der Waals surface area (Å²) in [4.78, 5) is 24.0. The molecule has 1 amide bonds. The Morgan fingerprint density at radius 2 is 1.82 bits per heavy atom. The molecule has 0 saturated carbocycles. The predicted molar refractivity (Wildman–Crippen MR) is 124 cm³/mol. The first-order chi connectivity index (χ1) is 15.7. The van der Waals surface area contributed by atoms with Gasteiger partial charge in [-0.2, -0.15) is 0 Å². The second-order valence-electron chi connectivity index (χ2n) is 7.27. The van der Waals surface area contributed by atoms with Crippen molar-refractivity contribution in [1.29, 1.82) is 0 Å². The van der Waals surface area contributed by atoms with Crippen LogP contribution < -0.4 is 14.4 Å². The maximum absolute atomic E-state index is 13.2. The number of hydrogen-bond acceptors (Lipinski definition) is 5. The lowest BCUT2D eigenvalue weighted by Crippen LogP contribution is -2.29. The van der Waals surface area contributed by atoms with Crippen molar-refractivity contribution in [2.75, 3.05) is 23.3 Å². The van der Waals surface area contributed by atoms with Gasteiger partial charge in [-0.25, -0.2) is 13.2 Å². The number of rotatable bonds is 6. The highest BCUT2D eigenvalue weighted by Crippen LogP contribution is 2.40.